The van der Waals surface area contributed by atoms with Gasteiger partial charge in [0.25, 0.3) is 0 Å². The fraction of sp³-hybridized carbons (Fsp3) is 0.933. The largest absolute Gasteiger partial charge is 0.392 e. The lowest BCUT2D eigenvalue weighted by atomic mass is 9.73. The Morgan fingerprint density at radius 3 is 2.80 bits per heavy atom. The molecule has 1 aliphatic heterocycles. The third-order valence-electron chi connectivity index (χ3n) is 4.68. The van der Waals surface area contributed by atoms with Crippen LogP contribution in [0, 0.1) is 5.41 Å². The normalized spacial score (nSPS) is 35.0. The van der Waals surface area contributed by atoms with Crippen LogP contribution in [-0.4, -0.2) is 48.3 Å². The molecule has 3 N–H and O–H groups in total. The Balaban J connectivity index is 1.75. The molecule has 20 heavy (non-hydrogen) atoms. The maximum absolute atomic E-state index is 10.2. The van der Waals surface area contributed by atoms with Crippen molar-refractivity contribution >= 4 is 17.7 Å². The molecule has 0 radical (unpaired) electrons. The van der Waals surface area contributed by atoms with Crippen LogP contribution < -0.4 is 10.6 Å². The molecule has 0 spiro atoms. The molecular formula is C15H29N3OS. The highest BCUT2D eigenvalue weighted by molar-refractivity contribution is 8.00. The van der Waals surface area contributed by atoms with E-state index in [-0.39, 0.29) is 11.5 Å². The van der Waals surface area contributed by atoms with Crippen LogP contribution in [0.2, 0.25) is 0 Å². The monoisotopic (exact) mass is 299 g/mol. The van der Waals surface area contributed by atoms with Gasteiger partial charge in [0, 0.05) is 30.8 Å². The van der Waals surface area contributed by atoms with Gasteiger partial charge in [-0.15, -0.1) is 0 Å². The summed E-state index contributed by atoms with van der Waals surface area (Å²) in [5.74, 6) is 2.17. The van der Waals surface area contributed by atoms with Crippen molar-refractivity contribution in [2.75, 3.05) is 25.9 Å². The van der Waals surface area contributed by atoms with Crippen molar-refractivity contribution in [1.82, 2.24) is 10.6 Å². The van der Waals surface area contributed by atoms with E-state index in [0.717, 1.165) is 43.6 Å². The van der Waals surface area contributed by atoms with E-state index in [9.17, 15) is 5.11 Å². The molecule has 0 aromatic carbocycles. The number of aliphatic hydroxyl groups is 1. The summed E-state index contributed by atoms with van der Waals surface area (Å²) in [4.78, 5) is 4.29. The highest BCUT2D eigenvalue weighted by atomic mass is 32.2. The first-order valence-electron chi connectivity index (χ1n) is 7.88. The molecule has 1 heterocycles. The Kier molecular flexibility index (Phi) is 6.02. The molecule has 2 rings (SSSR count). The Morgan fingerprint density at radius 1 is 1.30 bits per heavy atom. The summed E-state index contributed by atoms with van der Waals surface area (Å²) in [6.45, 7) is 3.97. The summed E-state index contributed by atoms with van der Waals surface area (Å²) in [5, 5.41) is 17.8. The maximum atomic E-state index is 10.2. The van der Waals surface area contributed by atoms with Gasteiger partial charge in [0.15, 0.2) is 5.96 Å². The first-order chi connectivity index (χ1) is 9.64. The maximum Gasteiger partial charge on any atom is 0.191 e. The zero-order valence-corrected chi connectivity index (χ0v) is 13.6. The summed E-state index contributed by atoms with van der Waals surface area (Å²) in [7, 11) is 1.82. The van der Waals surface area contributed by atoms with Gasteiger partial charge in [0.05, 0.1) is 6.10 Å². The van der Waals surface area contributed by atoms with Gasteiger partial charge in [-0.2, -0.15) is 11.8 Å². The second kappa shape index (κ2) is 7.55. The summed E-state index contributed by atoms with van der Waals surface area (Å²) < 4.78 is 0. The summed E-state index contributed by atoms with van der Waals surface area (Å²) in [5.41, 5.74) is -0.0159. The van der Waals surface area contributed by atoms with E-state index in [1.54, 1.807) is 0 Å². The standard InChI is InChI=1S/C15H29N3OS/c1-15(8-4-3-7-13(15)19)11-18-14(16-2)17-10-12-6-5-9-20-12/h12-13,19H,3-11H2,1-2H3,(H2,16,17,18). The number of rotatable bonds is 4. The fourth-order valence-electron chi connectivity index (χ4n) is 3.11. The van der Waals surface area contributed by atoms with Crippen LogP contribution in [0.5, 0.6) is 0 Å². The molecule has 1 saturated carbocycles. The molecule has 3 atom stereocenters. The van der Waals surface area contributed by atoms with Crippen LogP contribution >= 0.6 is 11.8 Å². The van der Waals surface area contributed by atoms with Gasteiger partial charge >= 0.3 is 0 Å². The SMILES string of the molecule is CN=C(NCC1CCCS1)NCC1(C)CCCCC1O. The van der Waals surface area contributed by atoms with E-state index >= 15 is 0 Å². The minimum absolute atomic E-state index is 0.0159. The van der Waals surface area contributed by atoms with Gasteiger partial charge in [0.2, 0.25) is 0 Å². The molecule has 4 nitrogen and oxygen atoms in total. The number of guanidine groups is 1. The van der Waals surface area contributed by atoms with Crippen molar-refractivity contribution in [3.63, 3.8) is 0 Å². The first kappa shape index (κ1) is 16.0. The van der Waals surface area contributed by atoms with Gasteiger partial charge in [0.1, 0.15) is 0 Å². The predicted molar refractivity (Wildman–Crippen MR) is 87.4 cm³/mol. The zero-order chi connectivity index (χ0) is 14.4. The van der Waals surface area contributed by atoms with Crippen molar-refractivity contribution in [2.24, 2.45) is 10.4 Å². The second-order valence-electron chi connectivity index (χ2n) is 6.36. The number of nitrogens with one attached hydrogen (secondary N) is 2. The first-order valence-corrected chi connectivity index (χ1v) is 8.93. The molecule has 1 aliphatic carbocycles. The molecule has 1 saturated heterocycles. The Bertz CT molecular complexity index is 331. The second-order valence-corrected chi connectivity index (χ2v) is 7.77. The van der Waals surface area contributed by atoms with Crippen molar-refractivity contribution in [3.05, 3.63) is 0 Å². The number of hydrogen-bond donors (Lipinski definition) is 3. The molecule has 5 heteroatoms. The number of aliphatic imine (C=N–C) groups is 1. The lowest BCUT2D eigenvalue weighted by molar-refractivity contribution is 0.00398. The van der Waals surface area contributed by atoms with Crippen LogP contribution in [0.25, 0.3) is 0 Å². The van der Waals surface area contributed by atoms with Gasteiger partial charge in [-0.25, -0.2) is 0 Å². The molecule has 0 aromatic rings. The average molecular weight is 299 g/mol. The van der Waals surface area contributed by atoms with Crippen molar-refractivity contribution in [3.8, 4) is 0 Å². The molecule has 116 valence electrons. The van der Waals surface area contributed by atoms with Crippen LogP contribution in [0.3, 0.4) is 0 Å². The predicted octanol–water partition coefficient (Wildman–Crippen LogP) is 1.99. The molecule has 0 amide bonds. The third-order valence-corrected chi connectivity index (χ3v) is 6.08. The lowest BCUT2D eigenvalue weighted by Gasteiger charge is -2.38. The summed E-state index contributed by atoms with van der Waals surface area (Å²) in [6.07, 6.45) is 6.87. The minimum Gasteiger partial charge on any atom is -0.392 e. The Morgan fingerprint density at radius 2 is 2.15 bits per heavy atom. The highest BCUT2D eigenvalue weighted by Crippen LogP contribution is 2.35. The molecule has 0 aromatic heterocycles. The van der Waals surface area contributed by atoms with Crippen molar-refractivity contribution in [2.45, 2.75) is 56.8 Å². The van der Waals surface area contributed by atoms with E-state index in [1.165, 1.54) is 25.0 Å². The van der Waals surface area contributed by atoms with E-state index in [4.69, 9.17) is 0 Å². The minimum atomic E-state index is -0.188. The summed E-state index contributed by atoms with van der Waals surface area (Å²) >= 11 is 2.06. The zero-order valence-electron chi connectivity index (χ0n) is 12.8. The fourth-order valence-corrected chi connectivity index (χ4v) is 4.31. The summed E-state index contributed by atoms with van der Waals surface area (Å²) in [6, 6.07) is 0. The van der Waals surface area contributed by atoms with Crippen LogP contribution in [0.15, 0.2) is 4.99 Å². The van der Waals surface area contributed by atoms with E-state index < -0.39 is 0 Å². The number of aliphatic hydroxyl groups excluding tert-OH is 1. The molecule has 2 fully saturated rings. The topological polar surface area (TPSA) is 56.7 Å². The van der Waals surface area contributed by atoms with E-state index in [2.05, 4.69) is 34.3 Å². The molecule has 3 unspecified atom stereocenters. The van der Waals surface area contributed by atoms with Crippen LogP contribution in [0.1, 0.15) is 45.4 Å². The van der Waals surface area contributed by atoms with E-state index in [0.29, 0.717) is 0 Å². The third kappa shape index (κ3) is 4.29. The van der Waals surface area contributed by atoms with Crippen LogP contribution in [-0.2, 0) is 0 Å². The average Bonchev–Trinajstić information content (AvgIpc) is 2.96. The molecular weight excluding hydrogens is 270 g/mol. The highest BCUT2D eigenvalue weighted by Gasteiger charge is 2.35. The van der Waals surface area contributed by atoms with Gasteiger partial charge < -0.3 is 15.7 Å². The van der Waals surface area contributed by atoms with Gasteiger partial charge in [-0.1, -0.05) is 19.8 Å². The van der Waals surface area contributed by atoms with Crippen molar-refractivity contribution in [1.29, 1.82) is 0 Å². The Labute approximate surface area is 127 Å². The van der Waals surface area contributed by atoms with Crippen LogP contribution in [0.4, 0.5) is 0 Å². The van der Waals surface area contributed by atoms with Gasteiger partial charge in [-0.3, -0.25) is 4.99 Å². The van der Waals surface area contributed by atoms with Crippen molar-refractivity contribution < 1.29 is 5.11 Å². The number of thioether (sulfide) groups is 1. The van der Waals surface area contributed by atoms with Gasteiger partial charge in [-0.05, 0) is 31.4 Å². The van der Waals surface area contributed by atoms with E-state index in [1.807, 2.05) is 7.05 Å². The number of hydrogen-bond acceptors (Lipinski definition) is 3. The number of nitrogens with zero attached hydrogens (tertiary/aromatic N) is 1. The molecule has 2 aliphatic rings. The quantitative estimate of drug-likeness (QED) is 0.549. The smallest absolute Gasteiger partial charge is 0.191 e. The molecule has 0 bridgehead atoms. The lowest BCUT2D eigenvalue weighted by Crippen LogP contribution is -2.49. The Hall–Kier alpha value is -0.420.